The Morgan fingerprint density at radius 2 is 1.91 bits per heavy atom. The molecule has 0 fully saturated rings. The molecule has 12 heteroatoms. The van der Waals surface area contributed by atoms with Gasteiger partial charge in [-0.1, -0.05) is 53.7 Å². The molecule has 2 atom stereocenters. The van der Waals surface area contributed by atoms with Crippen molar-refractivity contribution in [1.29, 1.82) is 5.26 Å². The zero-order valence-corrected chi connectivity index (χ0v) is 19.6. The topological polar surface area (TPSA) is 108 Å². The Bertz CT molecular complexity index is 1230. The first-order valence-electron chi connectivity index (χ1n) is 9.94. The largest absolute Gasteiger partial charge is 0.468 e. The number of halogens is 4. The van der Waals surface area contributed by atoms with E-state index in [0.717, 1.165) is 31.0 Å². The molecule has 1 aliphatic rings. The van der Waals surface area contributed by atoms with E-state index < -0.39 is 41.4 Å². The summed E-state index contributed by atoms with van der Waals surface area (Å²) in [5, 5.41) is 14.6. The Morgan fingerprint density at radius 1 is 1.23 bits per heavy atom. The number of hydrogen-bond donors (Lipinski definition) is 2. The quantitative estimate of drug-likeness (QED) is 0.427. The van der Waals surface area contributed by atoms with Crippen LogP contribution in [0.25, 0.3) is 0 Å². The summed E-state index contributed by atoms with van der Waals surface area (Å²) in [6.07, 6.45) is -4.62. The average molecular weight is 524 g/mol. The summed E-state index contributed by atoms with van der Waals surface area (Å²) in [7, 11) is 1.13. The summed E-state index contributed by atoms with van der Waals surface area (Å²) in [5.41, 5.74) is -0.658. The van der Waals surface area contributed by atoms with Crippen molar-refractivity contribution in [1.82, 2.24) is 5.32 Å². The number of esters is 1. The van der Waals surface area contributed by atoms with Crippen molar-refractivity contribution in [2.45, 2.75) is 12.1 Å². The second kappa shape index (κ2) is 10.8. The lowest BCUT2D eigenvalue weighted by molar-refractivity contribution is -0.150. The zero-order chi connectivity index (χ0) is 25.8. The van der Waals surface area contributed by atoms with Gasteiger partial charge in [0.1, 0.15) is 5.92 Å². The van der Waals surface area contributed by atoms with Crippen LogP contribution >= 0.6 is 23.4 Å². The third-order valence-corrected chi connectivity index (χ3v) is 6.40. The fraction of sp³-hybridized carbons (Fsp3) is 0.217. The smallest absolute Gasteiger partial charge is 0.416 e. The van der Waals surface area contributed by atoms with Gasteiger partial charge in [-0.2, -0.15) is 18.4 Å². The fourth-order valence-electron chi connectivity index (χ4n) is 3.46. The fourth-order valence-corrected chi connectivity index (χ4v) is 4.47. The van der Waals surface area contributed by atoms with Gasteiger partial charge in [0.15, 0.2) is 0 Å². The molecule has 0 aromatic heterocycles. The van der Waals surface area contributed by atoms with Gasteiger partial charge in [0.25, 0.3) is 0 Å². The molecule has 0 saturated carbocycles. The van der Waals surface area contributed by atoms with E-state index in [1.54, 1.807) is 30.3 Å². The lowest BCUT2D eigenvalue weighted by atomic mass is 9.78. The lowest BCUT2D eigenvalue weighted by Gasteiger charge is -2.30. The predicted molar refractivity (Wildman–Crippen MR) is 123 cm³/mol. The van der Waals surface area contributed by atoms with Crippen LogP contribution in [-0.2, 0) is 25.3 Å². The minimum absolute atomic E-state index is 0.0427. The first-order valence-corrected chi connectivity index (χ1v) is 11.3. The highest BCUT2D eigenvalue weighted by atomic mass is 35.5. The summed E-state index contributed by atoms with van der Waals surface area (Å²) in [6, 6.07) is 12.9. The molecule has 0 aliphatic carbocycles. The van der Waals surface area contributed by atoms with E-state index in [1.807, 2.05) is 6.07 Å². The first kappa shape index (κ1) is 26.1. The van der Waals surface area contributed by atoms with Gasteiger partial charge >= 0.3 is 12.1 Å². The van der Waals surface area contributed by atoms with Gasteiger partial charge in [-0.15, -0.1) is 0 Å². The maximum absolute atomic E-state index is 13.0. The Balaban J connectivity index is 1.86. The molecule has 1 heterocycles. The van der Waals surface area contributed by atoms with Crippen LogP contribution < -0.4 is 10.6 Å². The average Bonchev–Trinajstić information content (AvgIpc) is 2.83. The summed E-state index contributed by atoms with van der Waals surface area (Å²) in [5.74, 6) is -4.90. The number of amides is 2. The maximum atomic E-state index is 13.0. The van der Waals surface area contributed by atoms with E-state index in [2.05, 4.69) is 10.6 Å². The van der Waals surface area contributed by atoms with Crippen LogP contribution in [0.4, 0.5) is 18.9 Å². The van der Waals surface area contributed by atoms with Gasteiger partial charge in [0.2, 0.25) is 11.8 Å². The van der Waals surface area contributed by atoms with Gasteiger partial charge < -0.3 is 15.4 Å². The molecule has 1 aliphatic heterocycles. The van der Waals surface area contributed by atoms with Crippen LogP contribution in [0.5, 0.6) is 0 Å². The summed E-state index contributed by atoms with van der Waals surface area (Å²) >= 11 is 6.70. The molecule has 0 radical (unpaired) electrons. The molecule has 2 amide bonds. The molecule has 0 unspecified atom stereocenters. The van der Waals surface area contributed by atoms with Crippen molar-refractivity contribution >= 4 is 46.8 Å². The van der Waals surface area contributed by atoms with Crippen molar-refractivity contribution in [3.63, 3.8) is 0 Å². The second-order valence-corrected chi connectivity index (χ2v) is 8.66. The van der Waals surface area contributed by atoms with Crippen LogP contribution in [0.1, 0.15) is 17.0 Å². The number of rotatable bonds is 6. The van der Waals surface area contributed by atoms with Crippen molar-refractivity contribution in [3.8, 4) is 6.07 Å². The highest BCUT2D eigenvalue weighted by Gasteiger charge is 2.44. The molecule has 7 nitrogen and oxygen atoms in total. The highest BCUT2D eigenvalue weighted by molar-refractivity contribution is 8.03. The molecule has 0 saturated heterocycles. The van der Waals surface area contributed by atoms with E-state index in [-0.39, 0.29) is 27.1 Å². The van der Waals surface area contributed by atoms with Crippen molar-refractivity contribution in [3.05, 3.63) is 75.3 Å². The third kappa shape index (κ3) is 5.96. The van der Waals surface area contributed by atoms with Gasteiger partial charge in [0.05, 0.1) is 45.8 Å². The van der Waals surface area contributed by atoms with E-state index in [9.17, 15) is 32.8 Å². The molecule has 2 aromatic carbocycles. The number of ether oxygens (including phenoxy) is 1. The second-order valence-electron chi connectivity index (χ2n) is 7.26. The van der Waals surface area contributed by atoms with Gasteiger partial charge in [-0.25, -0.2) is 0 Å². The van der Waals surface area contributed by atoms with Crippen molar-refractivity contribution in [2.75, 3.05) is 18.2 Å². The predicted octanol–water partition coefficient (Wildman–Crippen LogP) is 4.47. The number of carbonyl (C=O) groups is 3. The van der Waals surface area contributed by atoms with Gasteiger partial charge in [0, 0.05) is 5.92 Å². The molecular weight excluding hydrogens is 507 g/mol. The molecule has 2 N–H and O–H groups in total. The van der Waals surface area contributed by atoms with Crippen LogP contribution in [0, 0.1) is 17.2 Å². The van der Waals surface area contributed by atoms with Crippen molar-refractivity contribution < 1.29 is 32.3 Å². The number of methoxy groups -OCH3 is 1. The van der Waals surface area contributed by atoms with Crippen LogP contribution in [0.15, 0.2) is 59.1 Å². The number of alkyl halides is 3. The van der Waals surface area contributed by atoms with Gasteiger partial charge in [-0.3, -0.25) is 14.4 Å². The SMILES string of the molecule is COC(=O)[C@H]1C(=O)NC(SCC(=O)Nc2cc(C(F)(F)F)ccc2Cl)=C(C#N)[C@@H]1c1ccccc1. The number of carbonyl (C=O) groups excluding carboxylic acids is 3. The minimum atomic E-state index is -4.62. The Labute approximate surface area is 207 Å². The normalized spacial score (nSPS) is 17.9. The Morgan fingerprint density at radius 3 is 2.51 bits per heavy atom. The number of nitrogens with zero attached hydrogens (tertiary/aromatic N) is 1. The van der Waals surface area contributed by atoms with Crippen molar-refractivity contribution in [2.24, 2.45) is 5.92 Å². The Hall–Kier alpha value is -3.49. The number of nitriles is 1. The van der Waals surface area contributed by atoms with E-state index >= 15 is 0 Å². The number of allylic oxidation sites excluding steroid dienone is 1. The number of hydrogen-bond acceptors (Lipinski definition) is 6. The monoisotopic (exact) mass is 523 g/mol. The maximum Gasteiger partial charge on any atom is 0.416 e. The zero-order valence-electron chi connectivity index (χ0n) is 18.0. The third-order valence-electron chi connectivity index (χ3n) is 5.06. The number of thioether (sulfide) groups is 1. The number of benzene rings is 2. The van der Waals surface area contributed by atoms with Gasteiger partial charge in [-0.05, 0) is 23.8 Å². The number of nitrogens with one attached hydrogen (secondary N) is 2. The summed E-state index contributed by atoms with van der Waals surface area (Å²) in [4.78, 5) is 37.6. The molecule has 3 rings (SSSR count). The molecule has 0 bridgehead atoms. The summed E-state index contributed by atoms with van der Waals surface area (Å²) in [6.45, 7) is 0. The van der Waals surface area contributed by atoms with Crippen LogP contribution in [0.3, 0.4) is 0 Å². The summed E-state index contributed by atoms with van der Waals surface area (Å²) < 4.78 is 43.7. The highest BCUT2D eigenvalue weighted by Crippen LogP contribution is 2.40. The molecule has 35 heavy (non-hydrogen) atoms. The van der Waals surface area contributed by atoms with Crippen LogP contribution in [-0.4, -0.2) is 30.6 Å². The molecule has 0 spiro atoms. The molecular formula is C23H17ClF3N3O4S. The first-order chi connectivity index (χ1) is 16.6. The van der Waals surface area contributed by atoms with E-state index in [0.29, 0.717) is 11.6 Å². The van der Waals surface area contributed by atoms with Crippen LogP contribution in [0.2, 0.25) is 5.02 Å². The standard InChI is InChI=1S/C23H17ClF3N3O4S/c1-34-22(33)19-18(12-5-3-2-4-6-12)14(10-28)21(30-20(19)32)35-11-17(31)29-16-9-13(23(25,26)27)7-8-15(16)24/h2-9,18-19H,11H2,1H3,(H,29,31)(H,30,32)/t18-,19+/m0/s1. The van der Waals surface area contributed by atoms with E-state index in [1.165, 1.54) is 0 Å². The molecule has 2 aromatic rings. The minimum Gasteiger partial charge on any atom is -0.468 e. The molecule has 182 valence electrons. The number of anilines is 1. The Kier molecular flexibility index (Phi) is 8.09. The lowest BCUT2D eigenvalue weighted by Crippen LogP contribution is -2.44. The van der Waals surface area contributed by atoms with E-state index in [4.69, 9.17) is 16.3 Å².